The molecule has 0 bridgehead atoms. The molecule has 4 heteroatoms. The molecule has 0 spiro atoms. The number of thiophene rings is 1. The maximum absolute atomic E-state index is 13.9. The molecule has 1 heterocycles. The Hall–Kier alpha value is -1.39. The third-order valence-electron chi connectivity index (χ3n) is 3.19. The number of halogens is 1. The maximum Gasteiger partial charge on any atom is 0.165 e. The fourth-order valence-corrected chi connectivity index (χ4v) is 2.92. The van der Waals surface area contributed by atoms with Crippen LogP contribution in [0.4, 0.5) is 4.39 Å². The van der Waals surface area contributed by atoms with Crippen LogP contribution in [0.3, 0.4) is 0 Å². The van der Waals surface area contributed by atoms with Gasteiger partial charge in [-0.25, -0.2) is 4.39 Å². The van der Waals surface area contributed by atoms with Gasteiger partial charge in [0.2, 0.25) is 0 Å². The number of rotatable bonds is 6. The molecular weight excluding hydrogens is 273 g/mol. The SMILES string of the molecule is CCCNC(c1csc(C)c1)c1ccc(OC)c(F)c1. The summed E-state index contributed by atoms with van der Waals surface area (Å²) < 4.78 is 18.9. The molecular formula is C16H20FNOS. The van der Waals surface area contributed by atoms with Gasteiger partial charge in [0.05, 0.1) is 13.2 Å². The van der Waals surface area contributed by atoms with Gasteiger partial charge in [-0.05, 0) is 54.6 Å². The molecule has 1 atom stereocenters. The Morgan fingerprint density at radius 2 is 2.10 bits per heavy atom. The van der Waals surface area contributed by atoms with Crippen LogP contribution in [0.1, 0.15) is 35.4 Å². The molecule has 1 aromatic heterocycles. The van der Waals surface area contributed by atoms with Crippen molar-refractivity contribution in [3.63, 3.8) is 0 Å². The van der Waals surface area contributed by atoms with Gasteiger partial charge in [0, 0.05) is 4.88 Å². The highest BCUT2D eigenvalue weighted by Gasteiger charge is 2.16. The first-order valence-electron chi connectivity index (χ1n) is 6.77. The predicted octanol–water partition coefficient (Wildman–Crippen LogP) is 4.29. The van der Waals surface area contributed by atoms with Gasteiger partial charge in [0.1, 0.15) is 0 Å². The van der Waals surface area contributed by atoms with Gasteiger partial charge in [0.25, 0.3) is 0 Å². The largest absolute Gasteiger partial charge is 0.494 e. The standard InChI is InChI=1S/C16H20FNOS/c1-4-7-18-16(13-8-11(2)20-10-13)12-5-6-15(19-3)14(17)9-12/h5-6,8-10,16,18H,4,7H2,1-3H3. The van der Waals surface area contributed by atoms with Gasteiger partial charge in [-0.15, -0.1) is 11.3 Å². The summed E-state index contributed by atoms with van der Waals surface area (Å²) in [5.74, 6) is -0.0373. The normalized spacial score (nSPS) is 12.4. The van der Waals surface area contributed by atoms with Crippen LogP contribution in [0.15, 0.2) is 29.6 Å². The summed E-state index contributed by atoms with van der Waals surface area (Å²) in [6.07, 6.45) is 1.04. The van der Waals surface area contributed by atoms with Crippen molar-refractivity contribution >= 4 is 11.3 Å². The number of ether oxygens (including phenoxy) is 1. The molecule has 0 aliphatic carbocycles. The number of benzene rings is 1. The lowest BCUT2D eigenvalue weighted by atomic mass is 10.0. The molecule has 0 amide bonds. The Bertz CT molecular complexity index is 567. The third-order valence-corrected chi connectivity index (χ3v) is 4.07. The van der Waals surface area contributed by atoms with Gasteiger partial charge in [-0.3, -0.25) is 0 Å². The van der Waals surface area contributed by atoms with E-state index in [4.69, 9.17) is 4.74 Å². The van der Waals surface area contributed by atoms with E-state index >= 15 is 0 Å². The second-order valence-corrected chi connectivity index (χ2v) is 5.89. The molecule has 108 valence electrons. The summed E-state index contributed by atoms with van der Waals surface area (Å²) in [7, 11) is 1.48. The molecule has 1 aromatic carbocycles. The molecule has 2 aromatic rings. The summed E-state index contributed by atoms with van der Waals surface area (Å²) >= 11 is 1.71. The highest BCUT2D eigenvalue weighted by molar-refractivity contribution is 7.10. The van der Waals surface area contributed by atoms with Crippen LogP contribution in [-0.2, 0) is 0 Å². The van der Waals surface area contributed by atoms with Crippen molar-refractivity contribution in [2.75, 3.05) is 13.7 Å². The average Bonchev–Trinajstić information content (AvgIpc) is 2.86. The Morgan fingerprint density at radius 3 is 2.65 bits per heavy atom. The van der Waals surface area contributed by atoms with Crippen molar-refractivity contribution in [3.05, 3.63) is 51.5 Å². The van der Waals surface area contributed by atoms with Crippen molar-refractivity contribution in [2.24, 2.45) is 0 Å². The highest BCUT2D eigenvalue weighted by atomic mass is 32.1. The molecule has 0 radical (unpaired) electrons. The van der Waals surface area contributed by atoms with Gasteiger partial charge in [0.15, 0.2) is 11.6 Å². The van der Waals surface area contributed by atoms with E-state index in [0.29, 0.717) is 0 Å². The van der Waals surface area contributed by atoms with Crippen molar-refractivity contribution in [1.29, 1.82) is 0 Å². The van der Waals surface area contributed by atoms with Crippen LogP contribution in [0, 0.1) is 12.7 Å². The molecule has 0 aliphatic rings. The van der Waals surface area contributed by atoms with E-state index in [1.54, 1.807) is 23.5 Å². The van der Waals surface area contributed by atoms with Crippen molar-refractivity contribution < 1.29 is 9.13 Å². The molecule has 1 N–H and O–H groups in total. The average molecular weight is 293 g/mol. The van der Waals surface area contributed by atoms with Gasteiger partial charge in [-0.2, -0.15) is 0 Å². The van der Waals surface area contributed by atoms with Crippen molar-refractivity contribution in [2.45, 2.75) is 26.3 Å². The first-order valence-corrected chi connectivity index (χ1v) is 7.65. The smallest absolute Gasteiger partial charge is 0.165 e. The number of aryl methyl sites for hydroxylation is 1. The second kappa shape index (κ2) is 6.86. The minimum absolute atomic E-state index is 0.0281. The lowest BCUT2D eigenvalue weighted by Crippen LogP contribution is -2.22. The van der Waals surface area contributed by atoms with Crippen LogP contribution in [0.25, 0.3) is 0 Å². The Labute approximate surface area is 123 Å². The predicted molar refractivity (Wildman–Crippen MR) is 82.1 cm³/mol. The van der Waals surface area contributed by atoms with E-state index in [2.05, 4.69) is 30.6 Å². The first-order chi connectivity index (χ1) is 9.65. The fraction of sp³-hybridized carbons (Fsp3) is 0.375. The molecule has 20 heavy (non-hydrogen) atoms. The van der Waals surface area contributed by atoms with Crippen molar-refractivity contribution in [1.82, 2.24) is 5.32 Å². The molecule has 1 unspecified atom stereocenters. The summed E-state index contributed by atoms with van der Waals surface area (Å²) in [4.78, 5) is 1.26. The number of methoxy groups -OCH3 is 1. The minimum atomic E-state index is -0.319. The molecule has 0 fully saturated rings. The maximum atomic E-state index is 13.9. The van der Waals surface area contributed by atoms with E-state index in [1.165, 1.54) is 17.6 Å². The number of hydrogen-bond acceptors (Lipinski definition) is 3. The van der Waals surface area contributed by atoms with Gasteiger partial charge < -0.3 is 10.1 Å². The Kier molecular flexibility index (Phi) is 5.15. The van der Waals surface area contributed by atoms with E-state index in [-0.39, 0.29) is 17.6 Å². The number of nitrogens with one attached hydrogen (secondary N) is 1. The Morgan fingerprint density at radius 1 is 1.30 bits per heavy atom. The van der Waals surface area contributed by atoms with E-state index in [0.717, 1.165) is 18.5 Å². The lowest BCUT2D eigenvalue weighted by molar-refractivity contribution is 0.385. The summed E-state index contributed by atoms with van der Waals surface area (Å²) in [6.45, 7) is 5.10. The monoisotopic (exact) mass is 293 g/mol. The van der Waals surface area contributed by atoms with Gasteiger partial charge >= 0.3 is 0 Å². The third kappa shape index (κ3) is 3.38. The topological polar surface area (TPSA) is 21.3 Å². The zero-order chi connectivity index (χ0) is 14.5. The number of hydrogen-bond donors (Lipinski definition) is 1. The lowest BCUT2D eigenvalue weighted by Gasteiger charge is -2.18. The molecule has 2 rings (SSSR count). The van der Waals surface area contributed by atoms with Crippen LogP contribution in [0.5, 0.6) is 5.75 Å². The molecule has 0 saturated heterocycles. The van der Waals surface area contributed by atoms with E-state index in [9.17, 15) is 4.39 Å². The van der Waals surface area contributed by atoms with Crippen LogP contribution in [-0.4, -0.2) is 13.7 Å². The second-order valence-electron chi connectivity index (χ2n) is 4.77. The van der Waals surface area contributed by atoms with E-state index < -0.39 is 0 Å². The summed E-state index contributed by atoms with van der Waals surface area (Å²) in [5.41, 5.74) is 2.11. The van der Waals surface area contributed by atoms with Crippen molar-refractivity contribution in [3.8, 4) is 5.75 Å². The van der Waals surface area contributed by atoms with Crippen LogP contribution in [0.2, 0.25) is 0 Å². The Balaban J connectivity index is 2.33. The molecule has 0 saturated carbocycles. The fourth-order valence-electron chi connectivity index (χ4n) is 2.19. The molecule has 2 nitrogen and oxygen atoms in total. The van der Waals surface area contributed by atoms with Crippen LogP contribution < -0.4 is 10.1 Å². The van der Waals surface area contributed by atoms with Crippen LogP contribution >= 0.6 is 11.3 Å². The first kappa shape index (κ1) is 15.0. The molecule has 0 aliphatic heterocycles. The van der Waals surface area contributed by atoms with E-state index in [1.807, 2.05) is 6.07 Å². The summed E-state index contributed by atoms with van der Waals surface area (Å²) in [6, 6.07) is 7.34. The quantitative estimate of drug-likeness (QED) is 0.857. The van der Waals surface area contributed by atoms with Gasteiger partial charge in [-0.1, -0.05) is 13.0 Å². The summed E-state index contributed by atoms with van der Waals surface area (Å²) in [5, 5.41) is 5.61. The minimum Gasteiger partial charge on any atom is -0.494 e. The highest BCUT2D eigenvalue weighted by Crippen LogP contribution is 2.29. The zero-order valence-corrected chi connectivity index (χ0v) is 12.9. The zero-order valence-electron chi connectivity index (χ0n) is 12.1.